The summed E-state index contributed by atoms with van der Waals surface area (Å²) < 4.78 is 12.6. The predicted molar refractivity (Wildman–Crippen MR) is 130 cm³/mol. The monoisotopic (exact) mass is 450 g/mol. The number of fused-ring (bicyclic) bond motifs is 1. The van der Waals surface area contributed by atoms with Gasteiger partial charge in [0.05, 0.1) is 19.3 Å². The van der Waals surface area contributed by atoms with E-state index in [1.807, 2.05) is 6.07 Å². The van der Waals surface area contributed by atoms with Crippen LogP contribution in [-0.2, 0) is 18.2 Å². The lowest BCUT2D eigenvalue weighted by Gasteiger charge is -2.32. The highest BCUT2D eigenvalue weighted by Gasteiger charge is 2.21. The molecule has 1 aromatic carbocycles. The maximum absolute atomic E-state index is 11.8. The first-order chi connectivity index (χ1) is 16.1. The smallest absolute Gasteiger partial charge is 0.341 e. The number of carbonyl (C=O) groups is 1. The third-order valence-corrected chi connectivity index (χ3v) is 6.63. The van der Waals surface area contributed by atoms with Crippen molar-refractivity contribution in [1.82, 2.24) is 14.5 Å². The number of piperidine rings is 1. The SMILES string of the molecule is CCOC(=O)c1cnc(N2CCC(CCCCc3cn(C)c4ccc(OC)cc34)CC2)nc1. The number of aromatic nitrogens is 3. The molecule has 0 saturated carbocycles. The summed E-state index contributed by atoms with van der Waals surface area (Å²) in [6.45, 7) is 4.07. The average molecular weight is 451 g/mol. The van der Waals surface area contributed by atoms with Crippen LogP contribution < -0.4 is 9.64 Å². The van der Waals surface area contributed by atoms with Gasteiger partial charge in [-0.3, -0.25) is 0 Å². The van der Waals surface area contributed by atoms with E-state index in [0.29, 0.717) is 18.1 Å². The number of rotatable bonds is 9. The van der Waals surface area contributed by atoms with E-state index in [0.717, 1.165) is 44.0 Å². The van der Waals surface area contributed by atoms with Crippen LogP contribution in [0.2, 0.25) is 0 Å². The molecule has 33 heavy (non-hydrogen) atoms. The number of nitrogens with zero attached hydrogens (tertiary/aromatic N) is 4. The molecule has 7 nitrogen and oxygen atoms in total. The van der Waals surface area contributed by atoms with Gasteiger partial charge in [-0.2, -0.15) is 0 Å². The van der Waals surface area contributed by atoms with Gasteiger partial charge in [0, 0.05) is 49.6 Å². The van der Waals surface area contributed by atoms with Gasteiger partial charge >= 0.3 is 5.97 Å². The van der Waals surface area contributed by atoms with E-state index in [1.54, 1.807) is 26.4 Å². The molecule has 0 aliphatic carbocycles. The molecule has 0 unspecified atom stereocenters. The fraction of sp³-hybridized carbons (Fsp3) is 0.500. The standard InChI is InChI=1S/C26H34N4O3/c1-4-33-25(31)21-16-27-26(28-17-21)30-13-11-19(12-14-30)7-5-6-8-20-18-29(2)24-10-9-22(32-3)15-23(20)24/h9-10,15-19H,4-8,11-14H2,1-3H3. The van der Waals surface area contributed by atoms with Crippen molar-refractivity contribution in [3.63, 3.8) is 0 Å². The number of aryl methyl sites for hydroxylation is 2. The van der Waals surface area contributed by atoms with Crippen molar-refractivity contribution < 1.29 is 14.3 Å². The molecule has 1 aliphatic rings. The summed E-state index contributed by atoms with van der Waals surface area (Å²) >= 11 is 0. The highest BCUT2D eigenvalue weighted by Crippen LogP contribution is 2.28. The van der Waals surface area contributed by atoms with E-state index in [2.05, 4.69) is 44.8 Å². The minimum Gasteiger partial charge on any atom is -0.497 e. The minimum absolute atomic E-state index is 0.352. The molecule has 7 heteroatoms. The molecular weight excluding hydrogens is 416 g/mol. The molecule has 0 spiro atoms. The van der Waals surface area contributed by atoms with Crippen LogP contribution >= 0.6 is 0 Å². The normalized spacial score (nSPS) is 14.6. The Morgan fingerprint density at radius 1 is 1.15 bits per heavy atom. The van der Waals surface area contributed by atoms with E-state index >= 15 is 0 Å². The van der Waals surface area contributed by atoms with Crippen LogP contribution in [-0.4, -0.2) is 47.3 Å². The molecule has 0 radical (unpaired) electrons. The number of hydrogen-bond acceptors (Lipinski definition) is 6. The van der Waals surface area contributed by atoms with Crippen molar-refractivity contribution in [3.05, 3.63) is 47.9 Å². The lowest BCUT2D eigenvalue weighted by Crippen LogP contribution is -2.34. The Morgan fingerprint density at radius 2 is 1.91 bits per heavy atom. The zero-order valence-electron chi connectivity index (χ0n) is 19.9. The lowest BCUT2D eigenvalue weighted by atomic mass is 9.91. The van der Waals surface area contributed by atoms with E-state index in [9.17, 15) is 4.79 Å². The molecule has 0 amide bonds. The van der Waals surface area contributed by atoms with Crippen molar-refractivity contribution in [2.75, 3.05) is 31.7 Å². The van der Waals surface area contributed by atoms with Gasteiger partial charge in [-0.05, 0) is 62.3 Å². The number of hydrogen-bond donors (Lipinski definition) is 0. The van der Waals surface area contributed by atoms with Gasteiger partial charge in [0.1, 0.15) is 5.75 Å². The predicted octanol–water partition coefficient (Wildman–Crippen LogP) is 4.78. The maximum atomic E-state index is 11.8. The Bertz CT molecular complexity index is 1070. The van der Waals surface area contributed by atoms with Crippen molar-refractivity contribution >= 4 is 22.8 Å². The van der Waals surface area contributed by atoms with E-state index < -0.39 is 0 Å². The first-order valence-corrected chi connectivity index (χ1v) is 11.9. The molecule has 1 saturated heterocycles. The molecule has 1 fully saturated rings. The highest BCUT2D eigenvalue weighted by molar-refractivity contribution is 5.88. The van der Waals surface area contributed by atoms with Crippen molar-refractivity contribution in [2.24, 2.45) is 13.0 Å². The molecule has 176 valence electrons. The van der Waals surface area contributed by atoms with Crippen molar-refractivity contribution in [2.45, 2.75) is 45.4 Å². The molecule has 0 bridgehead atoms. The number of esters is 1. The van der Waals surface area contributed by atoms with Gasteiger partial charge in [-0.1, -0.05) is 12.8 Å². The number of benzene rings is 1. The van der Waals surface area contributed by atoms with Gasteiger partial charge < -0.3 is 18.9 Å². The van der Waals surface area contributed by atoms with Gasteiger partial charge in [-0.15, -0.1) is 0 Å². The molecule has 3 heterocycles. The molecule has 2 aromatic heterocycles. The number of anilines is 1. The van der Waals surface area contributed by atoms with Crippen LogP contribution in [0.1, 0.15) is 54.9 Å². The zero-order valence-corrected chi connectivity index (χ0v) is 19.9. The fourth-order valence-electron chi connectivity index (χ4n) is 4.75. The van der Waals surface area contributed by atoms with Crippen LogP contribution in [0.15, 0.2) is 36.8 Å². The van der Waals surface area contributed by atoms with E-state index in [1.165, 1.54) is 35.7 Å². The van der Waals surface area contributed by atoms with Gasteiger partial charge in [0.15, 0.2) is 0 Å². The molecule has 4 rings (SSSR count). The Hall–Kier alpha value is -3.09. The van der Waals surface area contributed by atoms with Crippen LogP contribution in [0.3, 0.4) is 0 Å². The minimum atomic E-state index is -0.370. The number of unbranched alkanes of at least 4 members (excludes halogenated alkanes) is 1. The van der Waals surface area contributed by atoms with Crippen LogP contribution in [0.25, 0.3) is 10.9 Å². The summed E-state index contributed by atoms with van der Waals surface area (Å²) in [5.74, 6) is 2.01. The topological polar surface area (TPSA) is 69.5 Å². The van der Waals surface area contributed by atoms with E-state index in [4.69, 9.17) is 9.47 Å². The van der Waals surface area contributed by atoms with Crippen molar-refractivity contribution in [1.29, 1.82) is 0 Å². The Kier molecular flexibility index (Phi) is 7.47. The third-order valence-electron chi connectivity index (χ3n) is 6.63. The Morgan fingerprint density at radius 3 is 2.61 bits per heavy atom. The van der Waals surface area contributed by atoms with Crippen LogP contribution in [0, 0.1) is 5.92 Å². The summed E-state index contributed by atoms with van der Waals surface area (Å²) in [5, 5.41) is 1.30. The molecule has 0 atom stereocenters. The second-order valence-electron chi connectivity index (χ2n) is 8.82. The van der Waals surface area contributed by atoms with Gasteiger partial charge in [-0.25, -0.2) is 14.8 Å². The summed E-state index contributed by atoms with van der Waals surface area (Å²) in [7, 11) is 3.83. The van der Waals surface area contributed by atoms with E-state index in [-0.39, 0.29) is 5.97 Å². The van der Waals surface area contributed by atoms with Crippen LogP contribution in [0.4, 0.5) is 5.95 Å². The van der Waals surface area contributed by atoms with Gasteiger partial charge in [0.2, 0.25) is 5.95 Å². The molecule has 3 aromatic rings. The Labute approximate surface area is 195 Å². The summed E-state index contributed by atoms with van der Waals surface area (Å²) in [5.41, 5.74) is 3.07. The molecule has 0 N–H and O–H groups in total. The highest BCUT2D eigenvalue weighted by atomic mass is 16.5. The second-order valence-corrected chi connectivity index (χ2v) is 8.82. The van der Waals surface area contributed by atoms with Crippen LogP contribution in [0.5, 0.6) is 5.75 Å². The van der Waals surface area contributed by atoms with Gasteiger partial charge in [0.25, 0.3) is 0 Å². The summed E-state index contributed by atoms with van der Waals surface area (Å²) in [6.07, 6.45) is 12.5. The first-order valence-electron chi connectivity index (χ1n) is 11.9. The molecule has 1 aliphatic heterocycles. The largest absolute Gasteiger partial charge is 0.497 e. The zero-order chi connectivity index (χ0) is 23.2. The second kappa shape index (κ2) is 10.7. The number of ether oxygens (including phenoxy) is 2. The first kappa shape index (κ1) is 23.1. The number of methoxy groups -OCH3 is 1. The summed E-state index contributed by atoms with van der Waals surface area (Å²) in [4.78, 5) is 22.7. The van der Waals surface area contributed by atoms with Crippen molar-refractivity contribution in [3.8, 4) is 5.75 Å². The summed E-state index contributed by atoms with van der Waals surface area (Å²) in [6, 6.07) is 6.32. The number of carbonyl (C=O) groups excluding carboxylic acids is 1. The lowest BCUT2D eigenvalue weighted by molar-refractivity contribution is 0.0525. The fourth-order valence-corrected chi connectivity index (χ4v) is 4.75. The third kappa shape index (κ3) is 5.46. The maximum Gasteiger partial charge on any atom is 0.341 e. The average Bonchev–Trinajstić information content (AvgIpc) is 3.17. The molecular formula is C26H34N4O3. The Balaban J connectivity index is 1.22. The quantitative estimate of drug-likeness (QED) is 0.345.